The molecule has 2 N–H and O–H groups in total. The Hall–Kier alpha value is -2.78. The fourth-order valence-electron chi connectivity index (χ4n) is 3.21. The van der Waals surface area contributed by atoms with Crippen LogP contribution in [0.1, 0.15) is 12.5 Å². The first kappa shape index (κ1) is 25.8. The topological polar surface area (TPSA) is 93.7 Å². The predicted octanol–water partition coefficient (Wildman–Crippen LogP) is 4.93. The highest BCUT2D eigenvalue weighted by molar-refractivity contribution is 7.89. The summed E-state index contributed by atoms with van der Waals surface area (Å²) in [5.41, 5.74) is 1.09. The molecule has 180 valence electrons. The lowest BCUT2D eigenvalue weighted by Crippen LogP contribution is -2.45. The van der Waals surface area contributed by atoms with Crippen molar-refractivity contribution in [3.05, 3.63) is 82.3 Å². The molecule has 1 amide bonds. The molecule has 0 spiro atoms. The van der Waals surface area contributed by atoms with Crippen LogP contribution in [0, 0.1) is 0 Å². The molecule has 0 fully saturated rings. The van der Waals surface area contributed by atoms with Crippen LogP contribution in [0.15, 0.2) is 71.6 Å². The van der Waals surface area contributed by atoms with Crippen LogP contribution in [0.25, 0.3) is 0 Å². The Kier molecular flexibility index (Phi) is 8.79. The number of methoxy groups -OCH3 is 1. The van der Waals surface area contributed by atoms with Crippen LogP contribution in [-0.2, 0) is 21.2 Å². The number of benzene rings is 3. The van der Waals surface area contributed by atoms with Crippen LogP contribution in [0.3, 0.4) is 0 Å². The Morgan fingerprint density at radius 1 is 1.00 bits per heavy atom. The van der Waals surface area contributed by atoms with Gasteiger partial charge in [0.25, 0.3) is 0 Å². The second-order valence-corrected chi connectivity index (χ2v) is 9.78. The second kappa shape index (κ2) is 11.6. The second-order valence-electron chi connectivity index (χ2n) is 7.22. The summed E-state index contributed by atoms with van der Waals surface area (Å²) in [4.78, 5) is 13.1. The van der Waals surface area contributed by atoms with Gasteiger partial charge < -0.3 is 14.8 Å². The van der Waals surface area contributed by atoms with Gasteiger partial charge in [0.2, 0.25) is 15.9 Å². The third-order valence-electron chi connectivity index (χ3n) is 4.83. The summed E-state index contributed by atoms with van der Waals surface area (Å²) >= 11 is 12.2. The lowest BCUT2D eigenvalue weighted by molar-refractivity contribution is -0.117. The van der Waals surface area contributed by atoms with Crippen LogP contribution in [0.4, 0.5) is 5.69 Å². The van der Waals surface area contributed by atoms with Crippen LogP contribution < -0.4 is 19.5 Å². The van der Waals surface area contributed by atoms with Crippen molar-refractivity contribution in [2.75, 3.05) is 19.0 Å². The molecule has 0 heterocycles. The molecule has 34 heavy (non-hydrogen) atoms. The average molecular weight is 523 g/mol. The fourth-order valence-corrected chi connectivity index (χ4v) is 4.91. The van der Waals surface area contributed by atoms with Crippen molar-refractivity contribution in [3.8, 4) is 11.5 Å². The summed E-state index contributed by atoms with van der Waals surface area (Å²) < 4.78 is 39.4. The summed E-state index contributed by atoms with van der Waals surface area (Å²) in [6.07, 6.45) is 0.111. The van der Waals surface area contributed by atoms with E-state index in [0.29, 0.717) is 28.8 Å². The molecule has 0 aromatic heterocycles. The third-order valence-corrected chi connectivity index (χ3v) is 6.83. The number of ether oxygens (including phenoxy) is 2. The smallest absolute Gasteiger partial charge is 0.243 e. The van der Waals surface area contributed by atoms with E-state index in [2.05, 4.69) is 10.0 Å². The summed E-state index contributed by atoms with van der Waals surface area (Å²) in [5, 5.41) is 3.25. The molecular formula is C24H24Cl2N2O5S. The van der Waals surface area contributed by atoms with Gasteiger partial charge in [0.15, 0.2) is 0 Å². The van der Waals surface area contributed by atoms with Crippen LogP contribution >= 0.6 is 23.2 Å². The Morgan fingerprint density at radius 2 is 1.71 bits per heavy atom. The maximum absolute atomic E-state index is 13.2. The highest BCUT2D eigenvalue weighted by Gasteiger charge is 2.27. The van der Waals surface area contributed by atoms with Crippen molar-refractivity contribution in [1.29, 1.82) is 0 Å². The number of amides is 1. The molecule has 0 bridgehead atoms. The van der Waals surface area contributed by atoms with Crippen molar-refractivity contribution in [1.82, 2.24) is 4.72 Å². The van der Waals surface area contributed by atoms with Gasteiger partial charge in [0.05, 0.1) is 29.3 Å². The van der Waals surface area contributed by atoms with E-state index in [9.17, 15) is 13.2 Å². The van der Waals surface area contributed by atoms with Crippen LogP contribution in [0.5, 0.6) is 11.5 Å². The van der Waals surface area contributed by atoms with E-state index < -0.39 is 22.0 Å². The zero-order valence-electron chi connectivity index (χ0n) is 18.5. The minimum absolute atomic E-state index is 0.0906. The molecule has 10 heteroatoms. The number of sulfonamides is 1. The number of rotatable bonds is 10. The van der Waals surface area contributed by atoms with Gasteiger partial charge in [0.1, 0.15) is 17.5 Å². The fraction of sp³-hybridized carbons (Fsp3) is 0.208. The highest BCUT2D eigenvalue weighted by Crippen LogP contribution is 2.29. The van der Waals surface area contributed by atoms with Gasteiger partial charge in [0, 0.05) is 5.02 Å². The molecule has 3 aromatic carbocycles. The van der Waals surface area contributed by atoms with E-state index in [-0.39, 0.29) is 16.3 Å². The van der Waals surface area contributed by atoms with Gasteiger partial charge in [-0.25, -0.2) is 8.42 Å². The number of carbonyl (C=O) groups is 1. The SMILES string of the molecule is CCOc1ccc(S(=O)(=O)N[C@@H](Cc2ccccc2)C(=O)Nc2cc(Cl)ccc2OC)cc1Cl. The van der Waals surface area contributed by atoms with Gasteiger partial charge in [-0.05, 0) is 55.3 Å². The molecule has 1 atom stereocenters. The van der Waals surface area contributed by atoms with E-state index in [1.807, 2.05) is 30.3 Å². The van der Waals surface area contributed by atoms with Crippen molar-refractivity contribution in [2.24, 2.45) is 0 Å². The minimum atomic E-state index is -4.10. The number of hydrogen-bond acceptors (Lipinski definition) is 5. The normalized spacial score (nSPS) is 12.1. The molecule has 0 radical (unpaired) electrons. The number of carbonyl (C=O) groups excluding carboxylic acids is 1. The number of hydrogen-bond donors (Lipinski definition) is 2. The van der Waals surface area contributed by atoms with Crippen molar-refractivity contribution >= 4 is 44.8 Å². The average Bonchev–Trinajstić information content (AvgIpc) is 2.80. The Morgan fingerprint density at radius 3 is 2.35 bits per heavy atom. The number of nitrogens with one attached hydrogen (secondary N) is 2. The first-order chi connectivity index (χ1) is 16.2. The van der Waals surface area contributed by atoms with E-state index in [1.165, 1.54) is 31.4 Å². The molecule has 3 aromatic rings. The third kappa shape index (κ3) is 6.64. The largest absolute Gasteiger partial charge is 0.495 e. The van der Waals surface area contributed by atoms with Gasteiger partial charge in [-0.3, -0.25) is 4.79 Å². The van der Waals surface area contributed by atoms with E-state index in [1.54, 1.807) is 19.1 Å². The van der Waals surface area contributed by atoms with Crippen molar-refractivity contribution in [3.63, 3.8) is 0 Å². The molecule has 0 aliphatic rings. The molecule has 0 saturated carbocycles. The Balaban J connectivity index is 1.90. The zero-order valence-corrected chi connectivity index (χ0v) is 20.9. The summed E-state index contributed by atoms with van der Waals surface area (Å²) in [6.45, 7) is 2.18. The highest BCUT2D eigenvalue weighted by atomic mass is 35.5. The summed E-state index contributed by atoms with van der Waals surface area (Å²) in [6, 6.07) is 16.8. The molecule has 7 nitrogen and oxygen atoms in total. The van der Waals surface area contributed by atoms with Crippen LogP contribution in [-0.4, -0.2) is 34.1 Å². The molecule has 3 rings (SSSR count). The maximum atomic E-state index is 13.2. The van der Waals surface area contributed by atoms with E-state index >= 15 is 0 Å². The van der Waals surface area contributed by atoms with Crippen LogP contribution in [0.2, 0.25) is 10.0 Å². The van der Waals surface area contributed by atoms with Crippen molar-refractivity contribution < 1.29 is 22.7 Å². The number of anilines is 1. The van der Waals surface area contributed by atoms with Gasteiger partial charge >= 0.3 is 0 Å². The number of halogens is 2. The predicted molar refractivity (Wildman–Crippen MR) is 134 cm³/mol. The standard InChI is InChI=1S/C24H24Cl2N2O5S/c1-3-33-22-12-10-18(15-19(22)26)34(30,31)28-21(13-16-7-5-4-6-8-16)24(29)27-20-14-17(25)9-11-23(20)32-2/h4-12,14-15,21,28H,3,13H2,1-2H3,(H,27,29)/t21-/m0/s1. The molecule has 0 aliphatic heterocycles. The Bertz CT molecular complexity index is 1250. The van der Waals surface area contributed by atoms with Gasteiger partial charge in [-0.1, -0.05) is 53.5 Å². The Labute approximate surface area is 209 Å². The molecule has 0 saturated heterocycles. The molecular weight excluding hydrogens is 499 g/mol. The minimum Gasteiger partial charge on any atom is -0.495 e. The lowest BCUT2D eigenvalue weighted by atomic mass is 10.1. The quantitative estimate of drug-likeness (QED) is 0.393. The lowest BCUT2D eigenvalue weighted by Gasteiger charge is -2.20. The van der Waals surface area contributed by atoms with Gasteiger partial charge in [-0.15, -0.1) is 0 Å². The van der Waals surface area contributed by atoms with Gasteiger partial charge in [-0.2, -0.15) is 4.72 Å². The zero-order chi connectivity index (χ0) is 24.7. The first-order valence-corrected chi connectivity index (χ1v) is 12.6. The van der Waals surface area contributed by atoms with E-state index in [4.69, 9.17) is 32.7 Å². The molecule has 0 unspecified atom stereocenters. The first-order valence-electron chi connectivity index (χ1n) is 10.4. The maximum Gasteiger partial charge on any atom is 0.243 e. The monoisotopic (exact) mass is 522 g/mol. The summed E-state index contributed by atoms with van der Waals surface area (Å²) in [7, 11) is -2.65. The van der Waals surface area contributed by atoms with E-state index in [0.717, 1.165) is 5.56 Å². The van der Waals surface area contributed by atoms with Crippen molar-refractivity contribution in [2.45, 2.75) is 24.3 Å². The molecule has 0 aliphatic carbocycles. The summed E-state index contributed by atoms with van der Waals surface area (Å²) in [5.74, 6) is 0.178.